The van der Waals surface area contributed by atoms with Gasteiger partial charge in [-0.3, -0.25) is 0 Å². The molecule has 2 aromatic heterocycles. The topological polar surface area (TPSA) is 0 Å². The van der Waals surface area contributed by atoms with Crippen molar-refractivity contribution in [3.8, 4) is 111 Å². The number of benzene rings is 20. The first-order valence-corrected chi connectivity index (χ1v) is 44.0. The number of fused-ring (bicyclic) bond motifs is 22. The van der Waals surface area contributed by atoms with Crippen LogP contribution in [0.4, 0.5) is 0 Å². The highest BCUT2D eigenvalue weighted by Crippen LogP contribution is 2.56. The minimum atomic E-state index is -0.0663. The summed E-state index contributed by atoms with van der Waals surface area (Å²) >= 11 is 3.79. The number of rotatable bonds is 7. The molecule has 25 rings (SSSR count). The fourth-order valence-electron chi connectivity index (χ4n) is 20.7. The lowest BCUT2D eigenvalue weighted by atomic mass is 9.79. The molecule has 572 valence electrons. The zero-order chi connectivity index (χ0) is 81.0. The SMILES string of the molecule is CC1(C)c2cc(-c3cccc(-c4ccc5cc(-c6ccc7ccccc7c6)ccc5c4)c3)ccc2-c2ccc3ccccc3c21.CC1(C)c2cc(-c3cccc(-c4cccc5c4sc4ccccc45)c3)ccc2-c2cc3ccccc3cc21.CC1(C)c2cc(-c3cccc(-c4cccc5c4sc4ccccc45)c3)ccc2-c2ccc3ccccc3c21. The highest BCUT2D eigenvalue weighted by atomic mass is 32.1. The van der Waals surface area contributed by atoms with Crippen LogP contribution < -0.4 is 0 Å². The highest BCUT2D eigenvalue weighted by molar-refractivity contribution is 7.26. The molecule has 20 aromatic carbocycles. The van der Waals surface area contributed by atoms with Crippen LogP contribution in [0.15, 0.2) is 400 Å². The molecule has 0 spiro atoms. The molecule has 0 nitrogen and oxygen atoms in total. The van der Waals surface area contributed by atoms with Crippen LogP contribution in [0.2, 0.25) is 0 Å². The minimum Gasteiger partial charge on any atom is -0.135 e. The molecule has 0 saturated heterocycles. The molecule has 3 aliphatic rings. The Bertz CT molecular complexity index is 8050. The van der Waals surface area contributed by atoms with Crippen LogP contribution in [0, 0.1) is 0 Å². The predicted molar refractivity (Wildman–Crippen MR) is 523 cm³/mol. The van der Waals surface area contributed by atoms with E-state index in [-0.39, 0.29) is 16.2 Å². The van der Waals surface area contributed by atoms with Gasteiger partial charge in [0, 0.05) is 56.6 Å². The lowest BCUT2D eigenvalue weighted by molar-refractivity contribution is 0.661. The van der Waals surface area contributed by atoms with E-state index in [0.29, 0.717) is 0 Å². The second-order valence-corrected chi connectivity index (χ2v) is 37.1. The van der Waals surface area contributed by atoms with Crippen LogP contribution in [0.25, 0.3) is 205 Å². The third-order valence-corrected chi connectivity index (χ3v) is 29.3. The van der Waals surface area contributed by atoms with E-state index in [4.69, 9.17) is 0 Å². The summed E-state index contributed by atoms with van der Waals surface area (Å²) in [4.78, 5) is 0. The predicted octanol–water partition coefficient (Wildman–Crippen LogP) is 34.1. The molecule has 0 N–H and O–H groups in total. The maximum absolute atomic E-state index is 2.43. The summed E-state index contributed by atoms with van der Waals surface area (Å²) in [5, 5.41) is 18.4. The molecule has 0 bridgehead atoms. The molecule has 22 aromatic rings. The van der Waals surface area contributed by atoms with Gasteiger partial charge < -0.3 is 0 Å². The van der Waals surface area contributed by atoms with Crippen molar-refractivity contribution >= 4 is 117 Å². The van der Waals surface area contributed by atoms with Gasteiger partial charge in [0.1, 0.15) is 0 Å². The zero-order valence-corrected chi connectivity index (χ0v) is 70.1. The molecule has 0 fully saturated rings. The average molecular weight is 1580 g/mol. The largest absolute Gasteiger partial charge is 0.135 e. The summed E-state index contributed by atoms with van der Waals surface area (Å²) < 4.78 is 5.42. The second-order valence-electron chi connectivity index (χ2n) is 35.0. The maximum atomic E-state index is 2.43. The molecule has 2 heteroatoms. The van der Waals surface area contributed by atoms with E-state index in [2.05, 4.69) is 442 Å². The van der Waals surface area contributed by atoms with Crippen molar-refractivity contribution < 1.29 is 0 Å². The van der Waals surface area contributed by atoms with E-state index in [1.807, 2.05) is 22.7 Å². The van der Waals surface area contributed by atoms with Crippen LogP contribution >= 0.6 is 22.7 Å². The number of hydrogen-bond donors (Lipinski definition) is 0. The molecule has 0 atom stereocenters. The Hall–Kier alpha value is -13.9. The van der Waals surface area contributed by atoms with Gasteiger partial charge in [0.15, 0.2) is 0 Å². The normalized spacial score (nSPS) is 13.6. The van der Waals surface area contributed by atoms with Crippen molar-refractivity contribution in [1.82, 2.24) is 0 Å². The van der Waals surface area contributed by atoms with Gasteiger partial charge in [-0.15, -0.1) is 22.7 Å². The first kappa shape index (κ1) is 72.4. The Kier molecular flexibility index (Phi) is 16.8. The van der Waals surface area contributed by atoms with Gasteiger partial charge >= 0.3 is 0 Å². The average Bonchev–Trinajstić information content (AvgIpc) is 1.58. The standard InChI is InChI=1S/C45H32.2C37H26S/c1-45(2)43-28-39(21-22-41(43)42-23-20-30-9-5-6-13-40(30)44(42)45)33-12-7-11-32(25-33)34-16-17-38-27-37(19-18-36(38)26-34)35-15-14-29-8-3-4-10-31(29)24-35;1-37(2)33-22-25(18-19-29(33)31-20-17-23-9-3-4-12-27(23)35(31)37)24-10-7-11-26(21-24)28-14-8-15-32-30-13-5-6-16-34(30)38-36(28)32;1-37(2)33-22-26(17-18-29(33)32-20-24-9-3-4-10-25(24)21-34(32)37)23-11-7-12-27(19-23)28-14-8-15-31-30-13-5-6-16-35(30)38-36(28)31/h3-28H,1-2H3;2*3-22H,1-2H3. The Balaban J connectivity index is 0.000000106. The minimum absolute atomic E-state index is 0.0367. The highest BCUT2D eigenvalue weighted by Gasteiger charge is 2.40. The van der Waals surface area contributed by atoms with Crippen LogP contribution in [-0.4, -0.2) is 0 Å². The molecule has 0 radical (unpaired) electrons. The van der Waals surface area contributed by atoms with Crippen molar-refractivity contribution in [2.24, 2.45) is 0 Å². The molecular formula is C119H84S2. The lowest BCUT2D eigenvalue weighted by Gasteiger charge is -2.23. The Labute approximate surface area is 714 Å². The maximum Gasteiger partial charge on any atom is 0.0433 e. The van der Waals surface area contributed by atoms with Gasteiger partial charge in [-0.2, -0.15) is 0 Å². The Morgan fingerprint density at radius 1 is 0.157 bits per heavy atom. The van der Waals surface area contributed by atoms with Crippen molar-refractivity contribution in [3.05, 3.63) is 434 Å². The fourth-order valence-corrected chi connectivity index (χ4v) is 23.2. The summed E-state index contributed by atoms with van der Waals surface area (Å²) in [5.41, 5.74) is 34.4. The summed E-state index contributed by atoms with van der Waals surface area (Å²) in [7, 11) is 0. The first-order chi connectivity index (χ1) is 59.2. The number of thiophene rings is 2. The first-order valence-electron chi connectivity index (χ1n) is 42.4. The molecule has 121 heavy (non-hydrogen) atoms. The van der Waals surface area contributed by atoms with E-state index in [1.54, 1.807) is 0 Å². The van der Waals surface area contributed by atoms with Crippen LogP contribution in [0.5, 0.6) is 0 Å². The third-order valence-electron chi connectivity index (χ3n) is 26.9. The van der Waals surface area contributed by atoms with E-state index in [9.17, 15) is 0 Å². The molecule has 2 heterocycles. The molecule has 0 amide bonds. The molecule has 0 unspecified atom stereocenters. The summed E-state index contributed by atoms with van der Waals surface area (Å²) in [6.07, 6.45) is 0. The van der Waals surface area contributed by atoms with Crippen molar-refractivity contribution in [2.45, 2.75) is 57.8 Å². The van der Waals surface area contributed by atoms with E-state index in [1.165, 1.54) is 239 Å². The molecule has 0 saturated carbocycles. The van der Waals surface area contributed by atoms with Crippen molar-refractivity contribution in [2.75, 3.05) is 0 Å². The summed E-state index contributed by atoms with van der Waals surface area (Å²) in [5.74, 6) is 0. The van der Waals surface area contributed by atoms with Gasteiger partial charge in [-0.1, -0.05) is 363 Å². The van der Waals surface area contributed by atoms with Crippen molar-refractivity contribution in [3.63, 3.8) is 0 Å². The summed E-state index contributed by atoms with van der Waals surface area (Å²) in [6.45, 7) is 14.3. The number of hydrogen-bond acceptors (Lipinski definition) is 2. The van der Waals surface area contributed by atoms with Gasteiger partial charge in [0.25, 0.3) is 0 Å². The van der Waals surface area contributed by atoms with Gasteiger partial charge in [-0.05, 0) is 277 Å². The van der Waals surface area contributed by atoms with E-state index in [0.717, 1.165) is 0 Å². The van der Waals surface area contributed by atoms with E-state index < -0.39 is 0 Å². The van der Waals surface area contributed by atoms with Gasteiger partial charge in [0.2, 0.25) is 0 Å². The fraction of sp³-hybridized carbons (Fsp3) is 0.0756. The van der Waals surface area contributed by atoms with Crippen LogP contribution in [-0.2, 0) is 16.2 Å². The molecular weight excluding hydrogens is 1490 g/mol. The molecule has 3 aliphatic carbocycles. The monoisotopic (exact) mass is 1580 g/mol. The Morgan fingerprint density at radius 3 is 0.893 bits per heavy atom. The van der Waals surface area contributed by atoms with Crippen LogP contribution in [0.1, 0.15) is 74.9 Å². The smallest absolute Gasteiger partial charge is 0.0433 e. The third kappa shape index (κ3) is 12.0. The van der Waals surface area contributed by atoms with Gasteiger partial charge in [0.05, 0.1) is 0 Å². The van der Waals surface area contributed by atoms with Crippen LogP contribution in [0.3, 0.4) is 0 Å². The van der Waals surface area contributed by atoms with Gasteiger partial charge in [-0.25, -0.2) is 0 Å². The second kappa shape index (κ2) is 28.2. The zero-order valence-electron chi connectivity index (χ0n) is 68.4. The quantitative estimate of drug-likeness (QED) is 0.149. The van der Waals surface area contributed by atoms with Crippen molar-refractivity contribution in [1.29, 1.82) is 0 Å². The Morgan fingerprint density at radius 2 is 0.438 bits per heavy atom. The summed E-state index contributed by atoms with van der Waals surface area (Å²) in [6, 6.07) is 149. The van der Waals surface area contributed by atoms with E-state index >= 15 is 0 Å². The molecule has 0 aliphatic heterocycles. The lowest BCUT2D eigenvalue weighted by Crippen LogP contribution is -2.15.